The van der Waals surface area contributed by atoms with Crippen molar-refractivity contribution < 1.29 is 0 Å². The van der Waals surface area contributed by atoms with Crippen LogP contribution in [-0.2, 0) is 6.54 Å². The van der Waals surface area contributed by atoms with Crippen LogP contribution in [0.5, 0.6) is 0 Å². The van der Waals surface area contributed by atoms with Gasteiger partial charge in [0, 0.05) is 12.6 Å². The lowest BCUT2D eigenvalue weighted by Crippen LogP contribution is -2.31. The number of thiophene rings is 1. The molecule has 1 fully saturated rings. The highest BCUT2D eigenvalue weighted by atomic mass is 32.1. The SMILES string of the molecule is CCNc1nc(CN(C)C(C)C2CC2)nc2sccc12. The van der Waals surface area contributed by atoms with E-state index >= 15 is 0 Å². The largest absolute Gasteiger partial charge is 0.370 e. The molecule has 1 aliphatic rings. The summed E-state index contributed by atoms with van der Waals surface area (Å²) in [7, 11) is 2.18. The average molecular weight is 290 g/mol. The Bertz CT molecular complexity index is 591. The van der Waals surface area contributed by atoms with Crippen molar-refractivity contribution in [3.8, 4) is 0 Å². The molecule has 1 unspecified atom stereocenters. The molecular weight excluding hydrogens is 268 g/mol. The van der Waals surface area contributed by atoms with Gasteiger partial charge in [-0.1, -0.05) is 0 Å². The van der Waals surface area contributed by atoms with Gasteiger partial charge in [-0.2, -0.15) is 0 Å². The Morgan fingerprint density at radius 3 is 2.95 bits per heavy atom. The summed E-state index contributed by atoms with van der Waals surface area (Å²) in [5.41, 5.74) is 0. The van der Waals surface area contributed by atoms with Gasteiger partial charge in [0.2, 0.25) is 0 Å². The Morgan fingerprint density at radius 2 is 2.25 bits per heavy atom. The van der Waals surface area contributed by atoms with Crippen molar-refractivity contribution in [2.45, 2.75) is 39.3 Å². The first-order valence-electron chi connectivity index (χ1n) is 7.37. The summed E-state index contributed by atoms with van der Waals surface area (Å²) in [4.78, 5) is 12.9. The first kappa shape index (κ1) is 13.8. The van der Waals surface area contributed by atoms with E-state index < -0.39 is 0 Å². The fourth-order valence-corrected chi connectivity index (χ4v) is 3.36. The van der Waals surface area contributed by atoms with Gasteiger partial charge >= 0.3 is 0 Å². The van der Waals surface area contributed by atoms with E-state index in [4.69, 9.17) is 9.97 Å². The lowest BCUT2D eigenvalue weighted by Gasteiger charge is -2.23. The van der Waals surface area contributed by atoms with Crippen LogP contribution in [0, 0.1) is 5.92 Å². The minimum atomic E-state index is 0.625. The maximum absolute atomic E-state index is 4.71. The molecule has 108 valence electrons. The van der Waals surface area contributed by atoms with E-state index in [1.54, 1.807) is 11.3 Å². The zero-order valence-electron chi connectivity index (χ0n) is 12.4. The van der Waals surface area contributed by atoms with Crippen molar-refractivity contribution in [3.63, 3.8) is 0 Å². The number of fused-ring (bicyclic) bond motifs is 1. The normalized spacial score (nSPS) is 16.8. The van der Waals surface area contributed by atoms with Crippen LogP contribution < -0.4 is 5.32 Å². The maximum Gasteiger partial charge on any atom is 0.146 e. The number of rotatable bonds is 6. The number of aromatic nitrogens is 2. The van der Waals surface area contributed by atoms with Crippen molar-refractivity contribution in [2.24, 2.45) is 5.92 Å². The average Bonchev–Trinajstić information content (AvgIpc) is 3.16. The second-order valence-corrected chi connectivity index (χ2v) is 6.55. The molecule has 0 aromatic carbocycles. The van der Waals surface area contributed by atoms with Crippen LogP contribution in [0.25, 0.3) is 10.2 Å². The highest BCUT2D eigenvalue weighted by Gasteiger charge is 2.30. The van der Waals surface area contributed by atoms with Gasteiger partial charge in [-0.15, -0.1) is 11.3 Å². The number of hydrogen-bond acceptors (Lipinski definition) is 5. The van der Waals surface area contributed by atoms with Crippen molar-refractivity contribution in [1.82, 2.24) is 14.9 Å². The van der Waals surface area contributed by atoms with Crippen LogP contribution >= 0.6 is 11.3 Å². The zero-order valence-corrected chi connectivity index (χ0v) is 13.2. The highest BCUT2D eigenvalue weighted by molar-refractivity contribution is 7.16. The molecule has 1 N–H and O–H groups in total. The molecule has 2 aromatic rings. The van der Waals surface area contributed by atoms with Crippen LogP contribution in [-0.4, -0.2) is 34.5 Å². The number of nitrogens with one attached hydrogen (secondary N) is 1. The quantitative estimate of drug-likeness (QED) is 0.886. The minimum absolute atomic E-state index is 0.625. The van der Waals surface area contributed by atoms with E-state index in [9.17, 15) is 0 Å². The van der Waals surface area contributed by atoms with E-state index in [1.165, 1.54) is 12.8 Å². The third-order valence-electron chi connectivity index (χ3n) is 4.11. The van der Waals surface area contributed by atoms with Gasteiger partial charge in [-0.25, -0.2) is 9.97 Å². The molecule has 1 aliphatic carbocycles. The van der Waals surface area contributed by atoms with Gasteiger partial charge in [0.25, 0.3) is 0 Å². The van der Waals surface area contributed by atoms with Crippen LogP contribution in [0.3, 0.4) is 0 Å². The molecule has 0 radical (unpaired) electrons. The Kier molecular flexibility index (Phi) is 3.89. The molecule has 4 nitrogen and oxygen atoms in total. The van der Waals surface area contributed by atoms with Gasteiger partial charge < -0.3 is 5.32 Å². The number of anilines is 1. The van der Waals surface area contributed by atoms with Gasteiger partial charge in [0.1, 0.15) is 16.5 Å². The third kappa shape index (κ3) is 2.79. The predicted molar refractivity (Wildman–Crippen MR) is 85.2 cm³/mol. The minimum Gasteiger partial charge on any atom is -0.370 e. The second kappa shape index (κ2) is 5.66. The Hall–Kier alpha value is -1.20. The Labute approximate surface area is 124 Å². The lowest BCUT2D eigenvalue weighted by atomic mass is 10.2. The molecule has 0 bridgehead atoms. The first-order chi connectivity index (χ1) is 9.69. The summed E-state index contributed by atoms with van der Waals surface area (Å²) in [6, 6.07) is 2.72. The lowest BCUT2D eigenvalue weighted by molar-refractivity contribution is 0.221. The standard InChI is InChI=1S/C15H22N4S/c1-4-16-14-12-7-8-20-15(12)18-13(17-14)9-19(3)10(2)11-5-6-11/h7-8,10-11H,4-6,9H2,1-3H3,(H,16,17,18). The van der Waals surface area contributed by atoms with Crippen LogP contribution in [0.15, 0.2) is 11.4 Å². The van der Waals surface area contributed by atoms with Crippen molar-refractivity contribution in [1.29, 1.82) is 0 Å². The molecule has 5 heteroatoms. The van der Waals surface area contributed by atoms with Gasteiger partial charge in [0.05, 0.1) is 11.9 Å². The number of hydrogen-bond donors (Lipinski definition) is 1. The fraction of sp³-hybridized carbons (Fsp3) is 0.600. The molecule has 0 amide bonds. The van der Waals surface area contributed by atoms with Gasteiger partial charge in [0.15, 0.2) is 0 Å². The van der Waals surface area contributed by atoms with E-state index in [0.717, 1.165) is 40.9 Å². The monoisotopic (exact) mass is 290 g/mol. The molecule has 0 aliphatic heterocycles. The second-order valence-electron chi connectivity index (χ2n) is 5.65. The third-order valence-corrected chi connectivity index (χ3v) is 4.91. The maximum atomic E-state index is 4.71. The fourth-order valence-electron chi connectivity index (χ4n) is 2.58. The molecule has 1 saturated carbocycles. The van der Waals surface area contributed by atoms with E-state index in [-0.39, 0.29) is 0 Å². The molecular formula is C15H22N4S. The van der Waals surface area contributed by atoms with Crippen molar-refractivity contribution >= 4 is 27.4 Å². The summed E-state index contributed by atoms with van der Waals surface area (Å²) in [5.74, 6) is 2.77. The number of nitrogens with zero attached hydrogens (tertiary/aromatic N) is 3. The zero-order chi connectivity index (χ0) is 14.1. The molecule has 1 atom stereocenters. The van der Waals surface area contributed by atoms with Gasteiger partial charge in [-0.05, 0) is 51.1 Å². The Morgan fingerprint density at radius 1 is 1.45 bits per heavy atom. The first-order valence-corrected chi connectivity index (χ1v) is 8.25. The molecule has 20 heavy (non-hydrogen) atoms. The van der Waals surface area contributed by atoms with E-state index in [2.05, 4.69) is 42.6 Å². The summed E-state index contributed by atoms with van der Waals surface area (Å²) in [5, 5.41) is 6.57. The Balaban J connectivity index is 1.83. The van der Waals surface area contributed by atoms with Crippen LogP contribution in [0.1, 0.15) is 32.5 Å². The topological polar surface area (TPSA) is 41.1 Å². The summed E-state index contributed by atoms with van der Waals surface area (Å²) in [6.07, 6.45) is 2.75. The highest BCUT2D eigenvalue weighted by Crippen LogP contribution is 2.35. The van der Waals surface area contributed by atoms with Crippen molar-refractivity contribution in [3.05, 3.63) is 17.3 Å². The smallest absolute Gasteiger partial charge is 0.146 e. The summed E-state index contributed by atoms with van der Waals surface area (Å²) in [6.45, 7) is 6.12. The molecule has 3 rings (SSSR count). The van der Waals surface area contributed by atoms with E-state index in [1.807, 2.05) is 0 Å². The predicted octanol–water partition coefficient (Wildman–Crippen LogP) is 3.35. The summed E-state index contributed by atoms with van der Waals surface area (Å²) < 4.78 is 0. The van der Waals surface area contributed by atoms with Crippen LogP contribution in [0.2, 0.25) is 0 Å². The molecule has 2 aromatic heterocycles. The molecule has 0 saturated heterocycles. The van der Waals surface area contributed by atoms with Gasteiger partial charge in [-0.3, -0.25) is 4.90 Å². The van der Waals surface area contributed by atoms with Crippen LogP contribution in [0.4, 0.5) is 5.82 Å². The molecule has 0 spiro atoms. The summed E-state index contributed by atoms with van der Waals surface area (Å²) >= 11 is 1.69. The van der Waals surface area contributed by atoms with E-state index in [0.29, 0.717) is 6.04 Å². The molecule has 2 heterocycles. The van der Waals surface area contributed by atoms with Crippen molar-refractivity contribution in [2.75, 3.05) is 18.9 Å².